The number of alkyl halides is 1. The van der Waals surface area contributed by atoms with Gasteiger partial charge in [-0.25, -0.2) is 18.7 Å². The van der Waals surface area contributed by atoms with Gasteiger partial charge in [0.1, 0.15) is 17.8 Å². The second-order valence-electron chi connectivity index (χ2n) is 6.13. The van der Waals surface area contributed by atoms with Crippen molar-refractivity contribution < 1.29 is 13.5 Å². The summed E-state index contributed by atoms with van der Waals surface area (Å²) in [5.74, 6) is 0.220. The van der Waals surface area contributed by atoms with E-state index in [4.69, 9.17) is 16.3 Å². The van der Waals surface area contributed by atoms with Crippen LogP contribution in [0, 0.1) is 5.82 Å². The van der Waals surface area contributed by atoms with Crippen LogP contribution in [0.25, 0.3) is 0 Å². The lowest BCUT2D eigenvalue weighted by atomic mass is 9.91. The minimum atomic E-state index is -0.855. The minimum Gasteiger partial charge on any atom is -0.376 e. The first-order valence-corrected chi connectivity index (χ1v) is 8.28. The van der Waals surface area contributed by atoms with E-state index in [0.29, 0.717) is 38.5 Å². The first-order chi connectivity index (χ1) is 11.6. The van der Waals surface area contributed by atoms with E-state index >= 15 is 0 Å². The molecule has 1 aromatic heterocycles. The normalized spacial score (nSPS) is 23.4. The van der Waals surface area contributed by atoms with E-state index in [-0.39, 0.29) is 17.0 Å². The molecule has 0 saturated carbocycles. The van der Waals surface area contributed by atoms with Crippen molar-refractivity contribution >= 4 is 17.4 Å². The van der Waals surface area contributed by atoms with Gasteiger partial charge in [-0.2, -0.15) is 0 Å². The molecule has 2 atom stereocenters. The van der Waals surface area contributed by atoms with Crippen LogP contribution in [0.15, 0.2) is 24.3 Å². The molecule has 4 nitrogen and oxygen atoms in total. The third kappa shape index (κ3) is 2.84. The van der Waals surface area contributed by atoms with Crippen molar-refractivity contribution in [2.75, 3.05) is 24.6 Å². The Balaban J connectivity index is 1.77. The van der Waals surface area contributed by atoms with E-state index in [2.05, 4.69) is 9.97 Å². The predicted molar refractivity (Wildman–Crippen MR) is 86.7 cm³/mol. The van der Waals surface area contributed by atoms with Crippen LogP contribution in [0.3, 0.4) is 0 Å². The van der Waals surface area contributed by atoms with Gasteiger partial charge >= 0.3 is 0 Å². The molecule has 2 aliphatic heterocycles. The second-order valence-corrected chi connectivity index (χ2v) is 6.47. The third-order valence-corrected chi connectivity index (χ3v) is 4.72. The summed E-state index contributed by atoms with van der Waals surface area (Å²) in [5.41, 5.74) is 2.53. The fourth-order valence-electron chi connectivity index (χ4n) is 3.37. The van der Waals surface area contributed by atoms with Gasteiger partial charge in [-0.05, 0) is 35.7 Å². The van der Waals surface area contributed by atoms with Crippen LogP contribution in [0.5, 0.6) is 0 Å². The summed E-state index contributed by atoms with van der Waals surface area (Å²) in [6.45, 7) is 1.72. The minimum absolute atomic E-state index is 0.139. The number of nitrogens with zero attached hydrogens (tertiary/aromatic N) is 3. The lowest BCUT2D eigenvalue weighted by Gasteiger charge is -2.29. The van der Waals surface area contributed by atoms with Crippen LogP contribution in [0.4, 0.5) is 14.6 Å². The average Bonchev–Trinajstić information content (AvgIpc) is 3.01. The third-order valence-electron chi connectivity index (χ3n) is 4.55. The molecule has 0 N–H and O–H groups in total. The molecule has 126 valence electrons. The highest BCUT2D eigenvalue weighted by Gasteiger charge is 2.32. The van der Waals surface area contributed by atoms with Gasteiger partial charge in [-0.3, -0.25) is 0 Å². The van der Waals surface area contributed by atoms with Crippen molar-refractivity contribution in [1.29, 1.82) is 0 Å². The Bertz CT molecular complexity index is 756. The van der Waals surface area contributed by atoms with Crippen molar-refractivity contribution in [2.45, 2.75) is 25.1 Å². The van der Waals surface area contributed by atoms with E-state index in [1.165, 1.54) is 12.1 Å². The molecule has 0 spiro atoms. The zero-order valence-electron chi connectivity index (χ0n) is 12.9. The first kappa shape index (κ1) is 15.7. The average molecular weight is 352 g/mol. The maximum Gasteiger partial charge on any atom is 0.224 e. The fourth-order valence-corrected chi connectivity index (χ4v) is 3.54. The highest BCUT2D eigenvalue weighted by atomic mass is 35.5. The predicted octanol–water partition coefficient (Wildman–Crippen LogP) is 3.48. The number of hydrogen-bond acceptors (Lipinski definition) is 4. The van der Waals surface area contributed by atoms with Crippen molar-refractivity contribution in [3.05, 3.63) is 52.2 Å². The van der Waals surface area contributed by atoms with Crippen molar-refractivity contribution in [1.82, 2.24) is 9.97 Å². The summed E-state index contributed by atoms with van der Waals surface area (Å²) in [4.78, 5) is 10.6. The zero-order valence-corrected chi connectivity index (χ0v) is 13.6. The second kappa shape index (κ2) is 6.26. The molecule has 1 aromatic carbocycles. The largest absolute Gasteiger partial charge is 0.376 e. The topological polar surface area (TPSA) is 38.3 Å². The molecule has 0 bridgehead atoms. The molecule has 24 heavy (non-hydrogen) atoms. The Morgan fingerprint density at radius 3 is 2.71 bits per heavy atom. The summed E-state index contributed by atoms with van der Waals surface area (Å²) < 4.78 is 32.5. The SMILES string of the molecule is Fc1ccc(C2COCc3c2nc(Cl)nc3N2CC[C@H](F)C2)cc1. The summed E-state index contributed by atoms with van der Waals surface area (Å²) in [6, 6.07) is 6.28. The molecule has 0 aliphatic carbocycles. The van der Waals surface area contributed by atoms with E-state index < -0.39 is 6.17 Å². The van der Waals surface area contributed by atoms with Crippen LogP contribution in [-0.2, 0) is 11.3 Å². The summed E-state index contributed by atoms with van der Waals surface area (Å²) in [5, 5.41) is 0.139. The Kier molecular flexibility index (Phi) is 4.10. The summed E-state index contributed by atoms with van der Waals surface area (Å²) in [7, 11) is 0. The number of anilines is 1. The van der Waals surface area contributed by atoms with Gasteiger partial charge in [0.25, 0.3) is 0 Å². The maximum atomic E-state index is 13.6. The van der Waals surface area contributed by atoms with Gasteiger partial charge in [0.05, 0.1) is 31.4 Å². The zero-order chi connectivity index (χ0) is 16.7. The van der Waals surface area contributed by atoms with Crippen LogP contribution >= 0.6 is 11.6 Å². The van der Waals surface area contributed by atoms with E-state index in [1.54, 1.807) is 12.1 Å². The van der Waals surface area contributed by atoms with E-state index in [9.17, 15) is 8.78 Å². The molecular formula is C17H16ClF2N3O. The molecule has 0 radical (unpaired) electrons. The maximum absolute atomic E-state index is 13.6. The summed E-state index contributed by atoms with van der Waals surface area (Å²) >= 11 is 6.13. The van der Waals surface area contributed by atoms with Crippen LogP contribution in [-0.4, -0.2) is 35.8 Å². The van der Waals surface area contributed by atoms with Crippen molar-refractivity contribution in [3.63, 3.8) is 0 Å². The number of benzene rings is 1. The van der Waals surface area contributed by atoms with Crippen LogP contribution < -0.4 is 4.90 Å². The van der Waals surface area contributed by atoms with Gasteiger partial charge < -0.3 is 9.64 Å². The Hall–Kier alpha value is -1.79. The van der Waals surface area contributed by atoms with Crippen LogP contribution in [0.2, 0.25) is 5.28 Å². The van der Waals surface area contributed by atoms with Gasteiger partial charge in [0.2, 0.25) is 5.28 Å². The molecule has 1 fully saturated rings. The van der Waals surface area contributed by atoms with Crippen molar-refractivity contribution in [2.24, 2.45) is 0 Å². The number of hydrogen-bond donors (Lipinski definition) is 0. The fraction of sp³-hybridized carbons (Fsp3) is 0.412. The summed E-state index contributed by atoms with van der Waals surface area (Å²) in [6.07, 6.45) is -0.370. The number of aromatic nitrogens is 2. The van der Waals surface area contributed by atoms with Gasteiger partial charge in [0, 0.05) is 12.1 Å². The smallest absolute Gasteiger partial charge is 0.224 e. The Morgan fingerprint density at radius 2 is 2.00 bits per heavy atom. The molecule has 0 amide bonds. The van der Waals surface area contributed by atoms with Gasteiger partial charge in [-0.15, -0.1) is 0 Å². The molecule has 1 unspecified atom stereocenters. The van der Waals surface area contributed by atoms with E-state index in [0.717, 1.165) is 16.8 Å². The number of ether oxygens (including phenoxy) is 1. The molecular weight excluding hydrogens is 336 g/mol. The molecule has 2 aromatic rings. The Morgan fingerprint density at radius 1 is 1.21 bits per heavy atom. The molecule has 4 rings (SSSR count). The number of halogens is 3. The molecule has 1 saturated heterocycles. The van der Waals surface area contributed by atoms with Gasteiger partial charge in [-0.1, -0.05) is 12.1 Å². The molecule has 7 heteroatoms. The van der Waals surface area contributed by atoms with E-state index in [1.807, 2.05) is 4.90 Å². The monoisotopic (exact) mass is 351 g/mol. The van der Waals surface area contributed by atoms with Crippen LogP contribution in [0.1, 0.15) is 29.2 Å². The highest BCUT2D eigenvalue weighted by Crippen LogP contribution is 2.37. The highest BCUT2D eigenvalue weighted by molar-refractivity contribution is 6.28. The van der Waals surface area contributed by atoms with Crippen molar-refractivity contribution in [3.8, 4) is 0 Å². The van der Waals surface area contributed by atoms with Gasteiger partial charge in [0.15, 0.2) is 0 Å². The number of fused-ring (bicyclic) bond motifs is 1. The molecule has 2 aliphatic rings. The lowest BCUT2D eigenvalue weighted by Crippen LogP contribution is -2.27. The Labute approximate surface area is 143 Å². The molecule has 3 heterocycles. The standard InChI is InChI=1S/C17H16ClF2N3O/c18-17-21-15-13(10-1-3-11(19)4-2-10)8-24-9-14(15)16(22-17)23-6-5-12(20)7-23/h1-4,12-13H,5-9H2/t12-,13?/m0/s1. The lowest BCUT2D eigenvalue weighted by molar-refractivity contribution is 0.0975. The quantitative estimate of drug-likeness (QED) is 0.776. The number of rotatable bonds is 2. The first-order valence-electron chi connectivity index (χ1n) is 7.90.